The third-order valence-corrected chi connectivity index (χ3v) is 4.59. The molecule has 2 unspecified atom stereocenters. The molecule has 0 aromatic rings. The van der Waals surface area contributed by atoms with Crippen molar-refractivity contribution >= 4 is 5.78 Å². The Morgan fingerprint density at radius 1 is 1.38 bits per heavy atom. The number of hydrogen-bond acceptors (Lipinski definition) is 1. The molecule has 2 atom stereocenters. The van der Waals surface area contributed by atoms with Crippen molar-refractivity contribution < 1.29 is 4.79 Å². The van der Waals surface area contributed by atoms with Crippen LogP contribution >= 0.6 is 0 Å². The highest BCUT2D eigenvalue weighted by molar-refractivity contribution is 5.82. The highest BCUT2D eigenvalue weighted by Crippen LogP contribution is 2.52. The smallest absolute Gasteiger partial charge is 0.137 e. The predicted molar refractivity (Wildman–Crippen MR) is 67.2 cm³/mol. The minimum Gasteiger partial charge on any atom is -0.299 e. The first kappa shape index (κ1) is 11.9. The lowest BCUT2D eigenvalue weighted by molar-refractivity contribution is -0.129. The van der Waals surface area contributed by atoms with Gasteiger partial charge < -0.3 is 0 Å². The Kier molecular flexibility index (Phi) is 3.51. The molecule has 1 spiro atoms. The maximum atomic E-state index is 12.3. The number of carbonyl (C=O) groups excluding carboxylic acids is 1. The van der Waals surface area contributed by atoms with Gasteiger partial charge in [0.25, 0.3) is 0 Å². The first-order chi connectivity index (χ1) is 7.69. The van der Waals surface area contributed by atoms with Gasteiger partial charge in [0.1, 0.15) is 5.78 Å². The molecule has 1 heteroatoms. The standard InChI is InChI=1S/C15H24O/c1-3-7-13(16)14-12(2)8-6-11-15(14)9-4-5-10-15/h6,8,12,14H,3-5,7,9-11H2,1-2H3. The van der Waals surface area contributed by atoms with Gasteiger partial charge in [-0.2, -0.15) is 0 Å². The van der Waals surface area contributed by atoms with Crippen LogP contribution in [0.5, 0.6) is 0 Å². The van der Waals surface area contributed by atoms with E-state index in [1.54, 1.807) is 0 Å². The lowest BCUT2D eigenvalue weighted by Gasteiger charge is -2.41. The monoisotopic (exact) mass is 220 g/mol. The van der Waals surface area contributed by atoms with Gasteiger partial charge in [0.2, 0.25) is 0 Å². The second kappa shape index (κ2) is 4.73. The van der Waals surface area contributed by atoms with Crippen molar-refractivity contribution in [3.63, 3.8) is 0 Å². The van der Waals surface area contributed by atoms with Crippen LogP contribution in [0.15, 0.2) is 12.2 Å². The molecule has 0 aliphatic heterocycles. The molecule has 90 valence electrons. The fourth-order valence-electron chi connectivity index (χ4n) is 3.94. The Labute approximate surface area is 99.3 Å². The van der Waals surface area contributed by atoms with E-state index in [0.717, 1.165) is 19.3 Å². The Morgan fingerprint density at radius 2 is 2.06 bits per heavy atom. The quantitative estimate of drug-likeness (QED) is 0.654. The van der Waals surface area contributed by atoms with E-state index in [1.807, 2.05) is 0 Å². The molecule has 1 saturated carbocycles. The highest BCUT2D eigenvalue weighted by Gasteiger charge is 2.46. The summed E-state index contributed by atoms with van der Waals surface area (Å²) in [4.78, 5) is 12.3. The summed E-state index contributed by atoms with van der Waals surface area (Å²) in [5.74, 6) is 1.31. The molecule has 1 nitrogen and oxygen atoms in total. The maximum Gasteiger partial charge on any atom is 0.137 e. The molecule has 2 aliphatic carbocycles. The van der Waals surface area contributed by atoms with E-state index in [9.17, 15) is 4.79 Å². The first-order valence-electron chi connectivity index (χ1n) is 6.89. The van der Waals surface area contributed by atoms with E-state index >= 15 is 0 Å². The number of rotatable bonds is 3. The molecule has 1 fully saturated rings. The van der Waals surface area contributed by atoms with Crippen LogP contribution in [-0.4, -0.2) is 5.78 Å². The second-order valence-electron chi connectivity index (χ2n) is 5.75. The zero-order valence-electron chi connectivity index (χ0n) is 10.7. The summed E-state index contributed by atoms with van der Waals surface area (Å²) in [5, 5.41) is 0. The van der Waals surface area contributed by atoms with Crippen molar-refractivity contribution in [1.82, 2.24) is 0 Å². The summed E-state index contributed by atoms with van der Waals surface area (Å²) in [6.45, 7) is 4.34. The molecule has 0 aromatic heterocycles. The van der Waals surface area contributed by atoms with Gasteiger partial charge in [-0.3, -0.25) is 4.79 Å². The van der Waals surface area contributed by atoms with Crippen molar-refractivity contribution in [3.05, 3.63) is 12.2 Å². The first-order valence-corrected chi connectivity index (χ1v) is 6.89. The average molecular weight is 220 g/mol. The summed E-state index contributed by atoms with van der Waals surface area (Å²) in [5.41, 5.74) is 0.348. The molecular formula is C15H24O. The summed E-state index contributed by atoms with van der Waals surface area (Å²) in [6.07, 6.45) is 12.7. The predicted octanol–water partition coefficient (Wildman–Crippen LogP) is 4.13. The Balaban J connectivity index is 2.22. The van der Waals surface area contributed by atoms with Gasteiger partial charge in [-0.1, -0.05) is 38.8 Å². The Bertz CT molecular complexity index is 284. The van der Waals surface area contributed by atoms with Gasteiger partial charge in [0, 0.05) is 12.3 Å². The summed E-state index contributed by atoms with van der Waals surface area (Å²) in [6, 6.07) is 0. The fourth-order valence-corrected chi connectivity index (χ4v) is 3.94. The molecule has 0 aromatic carbocycles. The lowest BCUT2D eigenvalue weighted by Crippen LogP contribution is -2.39. The molecular weight excluding hydrogens is 196 g/mol. The van der Waals surface area contributed by atoms with Crippen LogP contribution < -0.4 is 0 Å². The third kappa shape index (κ3) is 1.97. The van der Waals surface area contributed by atoms with Crippen LogP contribution in [0.3, 0.4) is 0 Å². The van der Waals surface area contributed by atoms with Gasteiger partial charge in [-0.05, 0) is 37.0 Å². The van der Waals surface area contributed by atoms with Gasteiger partial charge >= 0.3 is 0 Å². The summed E-state index contributed by atoms with van der Waals surface area (Å²) < 4.78 is 0. The lowest BCUT2D eigenvalue weighted by atomic mass is 9.62. The SMILES string of the molecule is CCCC(=O)C1C(C)C=CCC12CCCC2. The molecule has 0 radical (unpaired) electrons. The van der Waals surface area contributed by atoms with Crippen molar-refractivity contribution in [3.8, 4) is 0 Å². The van der Waals surface area contributed by atoms with E-state index in [4.69, 9.17) is 0 Å². The molecule has 0 bridgehead atoms. The van der Waals surface area contributed by atoms with Crippen LogP contribution in [0.2, 0.25) is 0 Å². The van der Waals surface area contributed by atoms with Gasteiger partial charge in [-0.15, -0.1) is 0 Å². The van der Waals surface area contributed by atoms with Crippen LogP contribution in [0, 0.1) is 17.3 Å². The molecule has 0 amide bonds. The average Bonchev–Trinajstić information content (AvgIpc) is 2.67. The Hall–Kier alpha value is -0.590. The maximum absolute atomic E-state index is 12.3. The molecule has 16 heavy (non-hydrogen) atoms. The molecule has 2 rings (SSSR count). The van der Waals surface area contributed by atoms with E-state index in [2.05, 4.69) is 26.0 Å². The van der Waals surface area contributed by atoms with E-state index in [1.165, 1.54) is 25.7 Å². The van der Waals surface area contributed by atoms with Gasteiger partial charge in [0.05, 0.1) is 0 Å². The zero-order valence-corrected chi connectivity index (χ0v) is 10.7. The molecule has 0 saturated heterocycles. The second-order valence-corrected chi connectivity index (χ2v) is 5.75. The topological polar surface area (TPSA) is 17.1 Å². The molecule has 0 heterocycles. The van der Waals surface area contributed by atoms with Crippen molar-refractivity contribution in [2.75, 3.05) is 0 Å². The van der Waals surface area contributed by atoms with Gasteiger partial charge in [-0.25, -0.2) is 0 Å². The fraction of sp³-hybridized carbons (Fsp3) is 0.800. The van der Waals surface area contributed by atoms with Crippen LogP contribution in [0.4, 0.5) is 0 Å². The van der Waals surface area contributed by atoms with Crippen molar-refractivity contribution in [2.24, 2.45) is 17.3 Å². The van der Waals surface area contributed by atoms with Crippen molar-refractivity contribution in [2.45, 2.75) is 58.8 Å². The highest BCUT2D eigenvalue weighted by atomic mass is 16.1. The number of ketones is 1. The van der Waals surface area contributed by atoms with Crippen LogP contribution in [0.1, 0.15) is 58.8 Å². The number of carbonyl (C=O) groups is 1. The minimum absolute atomic E-state index is 0.319. The van der Waals surface area contributed by atoms with Crippen LogP contribution in [0.25, 0.3) is 0 Å². The minimum atomic E-state index is 0.319. The molecule has 0 N–H and O–H groups in total. The third-order valence-electron chi connectivity index (χ3n) is 4.59. The summed E-state index contributed by atoms with van der Waals surface area (Å²) in [7, 11) is 0. The van der Waals surface area contributed by atoms with Gasteiger partial charge in [0.15, 0.2) is 0 Å². The molecule has 2 aliphatic rings. The zero-order chi connectivity index (χ0) is 11.6. The van der Waals surface area contributed by atoms with Crippen LogP contribution in [-0.2, 0) is 4.79 Å². The van der Waals surface area contributed by atoms with E-state index in [0.29, 0.717) is 23.0 Å². The van der Waals surface area contributed by atoms with E-state index < -0.39 is 0 Å². The number of Topliss-reactive ketones (excluding diaryl/α,β-unsaturated/α-hetero) is 1. The number of hydrogen-bond donors (Lipinski definition) is 0. The normalized spacial score (nSPS) is 32.1. The number of allylic oxidation sites excluding steroid dienone is 2. The largest absolute Gasteiger partial charge is 0.299 e. The summed E-state index contributed by atoms with van der Waals surface area (Å²) >= 11 is 0. The Morgan fingerprint density at radius 3 is 2.69 bits per heavy atom. The van der Waals surface area contributed by atoms with E-state index in [-0.39, 0.29) is 0 Å². The van der Waals surface area contributed by atoms with Crippen molar-refractivity contribution in [1.29, 1.82) is 0 Å².